The molecule has 0 amide bonds. The number of fused-ring (bicyclic) bond motifs is 1. The van der Waals surface area contributed by atoms with E-state index in [1.807, 2.05) is 30.3 Å². The van der Waals surface area contributed by atoms with Crippen molar-refractivity contribution in [2.24, 2.45) is 11.8 Å². The maximum atomic E-state index is 9.38. The first-order valence-corrected chi connectivity index (χ1v) is 12.1. The monoisotopic (exact) mass is 583 g/mol. The van der Waals surface area contributed by atoms with Crippen molar-refractivity contribution in [3.05, 3.63) is 39.8 Å². The second-order valence-corrected chi connectivity index (χ2v) is 10.8. The fraction of sp³-hybridized carbons (Fsp3) is 0.429. The predicted molar refractivity (Wildman–Crippen MR) is 127 cm³/mol. The molecule has 1 aromatic carbocycles. The van der Waals surface area contributed by atoms with E-state index in [0.717, 1.165) is 32.2 Å². The molecule has 2 heterocycles. The van der Waals surface area contributed by atoms with Crippen LogP contribution in [0.3, 0.4) is 0 Å². The zero-order valence-corrected chi connectivity index (χ0v) is 20.4. The van der Waals surface area contributed by atoms with Gasteiger partial charge in [0.2, 0.25) is 5.82 Å². The maximum Gasteiger partial charge on any atom is 0.234 e. The molecule has 0 aliphatic heterocycles. The third-order valence-corrected chi connectivity index (χ3v) is 7.59. The number of rotatable bonds is 4. The molecular weight excluding hydrogens is 565 g/mol. The van der Waals surface area contributed by atoms with E-state index in [4.69, 9.17) is 11.6 Å². The van der Waals surface area contributed by atoms with Crippen LogP contribution in [0.15, 0.2) is 29.0 Å². The highest BCUT2D eigenvalue weighted by Crippen LogP contribution is 2.36. The number of alkyl halides is 1. The number of nitriles is 1. The summed E-state index contributed by atoms with van der Waals surface area (Å²) in [5.74, 6) is 1.53. The van der Waals surface area contributed by atoms with Crippen molar-refractivity contribution in [1.82, 2.24) is 19.5 Å². The number of halogens is 3. The zero-order valence-electron chi connectivity index (χ0n) is 15.9. The van der Waals surface area contributed by atoms with Gasteiger partial charge in [0.25, 0.3) is 0 Å². The van der Waals surface area contributed by atoms with Crippen LogP contribution < -0.4 is 0 Å². The van der Waals surface area contributed by atoms with Gasteiger partial charge in [-0.1, -0.05) is 53.2 Å². The smallest absolute Gasteiger partial charge is 0.234 e. The van der Waals surface area contributed by atoms with Crippen LogP contribution in [-0.2, 0) is 6.54 Å². The number of imidazole rings is 1. The lowest BCUT2D eigenvalue weighted by molar-refractivity contribution is 0.255. The van der Waals surface area contributed by atoms with Crippen LogP contribution in [0.25, 0.3) is 22.4 Å². The predicted octanol–water partition coefficient (Wildman–Crippen LogP) is 6.41. The van der Waals surface area contributed by atoms with Crippen LogP contribution in [0, 0.1) is 23.2 Å². The Morgan fingerprint density at radius 2 is 2.03 bits per heavy atom. The molecule has 29 heavy (non-hydrogen) atoms. The Balaban J connectivity index is 1.75. The van der Waals surface area contributed by atoms with E-state index in [-0.39, 0.29) is 5.82 Å². The lowest BCUT2D eigenvalue weighted by Crippen LogP contribution is -2.23. The Bertz CT molecular complexity index is 1080. The minimum atomic E-state index is 0.112. The average Bonchev–Trinajstić information content (AvgIpc) is 3.02. The van der Waals surface area contributed by atoms with E-state index in [0.29, 0.717) is 22.3 Å². The first-order valence-electron chi connectivity index (χ1n) is 9.70. The van der Waals surface area contributed by atoms with Gasteiger partial charge in [-0.05, 0) is 65.6 Å². The summed E-state index contributed by atoms with van der Waals surface area (Å²) in [6, 6.07) is 9.58. The van der Waals surface area contributed by atoms with Crippen LogP contribution in [0.2, 0.25) is 5.02 Å². The van der Waals surface area contributed by atoms with Crippen molar-refractivity contribution >= 4 is 61.3 Å². The van der Waals surface area contributed by atoms with E-state index < -0.39 is 0 Å². The Kier molecular flexibility index (Phi) is 6.42. The molecule has 0 N–H and O–H groups in total. The first-order chi connectivity index (χ1) is 14.0. The summed E-state index contributed by atoms with van der Waals surface area (Å²) >= 11 is 12.4. The van der Waals surface area contributed by atoms with Crippen LogP contribution in [-0.4, -0.2) is 23.4 Å². The van der Waals surface area contributed by atoms with Gasteiger partial charge >= 0.3 is 0 Å². The van der Waals surface area contributed by atoms with Gasteiger partial charge in [-0.2, -0.15) is 10.2 Å². The highest BCUT2D eigenvalue weighted by atomic mass is 127. The standard InChI is InChI=1S/C21H20BrClIN5/c1-12(24)14-7-5-13(6-8-14)11-29-19-18(15-3-2-4-16(23)9-15)26-17(10-25)27-20(19)28-21(29)22/h2-4,9,12-14H,5-8,11H2,1H3/t12?,13-,14-. The van der Waals surface area contributed by atoms with Gasteiger partial charge in [0.1, 0.15) is 17.3 Å². The van der Waals surface area contributed by atoms with Gasteiger partial charge in [0.15, 0.2) is 10.4 Å². The molecule has 2 aromatic heterocycles. The van der Waals surface area contributed by atoms with E-state index in [1.165, 1.54) is 25.7 Å². The molecule has 1 aliphatic carbocycles. The highest BCUT2D eigenvalue weighted by molar-refractivity contribution is 14.1. The third kappa shape index (κ3) is 4.44. The van der Waals surface area contributed by atoms with Crippen LogP contribution in [0.5, 0.6) is 0 Å². The van der Waals surface area contributed by atoms with Crippen molar-refractivity contribution in [1.29, 1.82) is 5.26 Å². The van der Waals surface area contributed by atoms with Crippen LogP contribution >= 0.6 is 50.1 Å². The molecule has 0 saturated heterocycles. The number of hydrogen-bond acceptors (Lipinski definition) is 4. The van der Waals surface area contributed by atoms with E-state index in [1.54, 1.807) is 0 Å². The Morgan fingerprint density at radius 1 is 1.28 bits per heavy atom. The minimum Gasteiger partial charge on any atom is -0.315 e. The zero-order chi connectivity index (χ0) is 20.5. The van der Waals surface area contributed by atoms with Crippen LogP contribution in [0.1, 0.15) is 38.4 Å². The molecule has 0 radical (unpaired) electrons. The fourth-order valence-electron chi connectivity index (χ4n) is 4.15. The largest absolute Gasteiger partial charge is 0.315 e. The SMILES string of the molecule is CC(I)[C@H]1CC[C@H](Cn2c(Br)nc3nc(C#N)nc(-c4cccc(Cl)c4)c32)CC1. The molecule has 3 aromatic rings. The van der Waals surface area contributed by atoms with Gasteiger partial charge < -0.3 is 4.57 Å². The summed E-state index contributed by atoms with van der Waals surface area (Å²) in [5, 5.41) is 10.0. The third-order valence-electron chi connectivity index (χ3n) is 5.74. The van der Waals surface area contributed by atoms with Crippen molar-refractivity contribution < 1.29 is 0 Å². The van der Waals surface area contributed by atoms with Gasteiger partial charge in [0, 0.05) is 21.1 Å². The Labute approximate surface area is 197 Å². The van der Waals surface area contributed by atoms with E-state index in [9.17, 15) is 5.26 Å². The van der Waals surface area contributed by atoms with Crippen LogP contribution in [0.4, 0.5) is 0 Å². The number of hydrogen-bond donors (Lipinski definition) is 0. The Hall–Kier alpha value is -1.24. The quantitative estimate of drug-likeness (QED) is 0.202. The first kappa shape index (κ1) is 21.0. The molecule has 1 fully saturated rings. The van der Waals surface area contributed by atoms with Gasteiger partial charge in [-0.25, -0.2) is 9.97 Å². The molecule has 150 valence electrons. The molecular formula is C21H20BrClIN5. The summed E-state index contributed by atoms with van der Waals surface area (Å²) in [7, 11) is 0. The fourth-order valence-corrected chi connectivity index (χ4v) is 5.55. The Morgan fingerprint density at radius 3 is 2.69 bits per heavy atom. The second-order valence-electron chi connectivity index (χ2n) is 7.64. The molecule has 1 unspecified atom stereocenters. The second kappa shape index (κ2) is 8.86. The summed E-state index contributed by atoms with van der Waals surface area (Å²) < 4.78 is 3.61. The maximum absolute atomic E-state index is 9.38. The van der Waals surface area contributed by atoms with Crippen molar-refractivity contribution in [2.45, 2.75) is 43.1 Å². The van der Waals surface area contributed by atoms with Gasteiger partial charge in [-0.3, -0.25) is 0 Å². The number of nitrogens with zero attached hydrogens (tertiary/aromatic N) is 5. The summed E-state index contributed by atoms with van der Waals surface area (Å²) in [4.78, 5) is 13.4. The molecule has 1 atom stereocenters. The lowest BCUT2D eigenvalue weighted by atomic mass is 9.81. The van der Waals surface area contributed by atoms with Crippen molar-refractivity contribution in [3.8, 4) is 17.3 Å². The molecule has 4 rings (SSSR count). The van der Waals surface area contributed by atoms with Gasteiger partial charge in [-0.15, -0.1) is 0 Å². The lowest BCUT2D eigenvalue weighted by Gasteiger charge is -2.30. The topological polar surface area (TPSA) is 67.4 Å². The average molecular weight is 585 g/mol. The van der Waals surface area contributed by atoms with Gasteiger partial charge in [0.05, 0.1) is 0 Å². The molecule has 5 nitrogen and oxygen atoms in total. The minimum absolute atomic E-state index is 0.112. The molecule has 1 saturated carbocycles. The summed E-state index contributed by atoms with van der Waals surface area (Å²) in [6.07, 6.45) is 4.98. The van der Waals surface area contributed by atoms with E-state index >= 15 is 0 Å². The highest BCUT2D eigenvalue weighted by Gasteiger charge is 2.26. The molecule has 8 heteroatoms. The number of benzene rings is 1. The van der Waals surface area contributed by atoms with Crippen molar-refractivity contribution in [3.63, 3.8) is 0 Å². The molecule has 0 spiro atoms. The summed E-state index contributed by atoms with van der Waals surface area (Å²) in [5.41, 5.74) is 2.94. The molecule has 0 bridgehead atoms. The van der Waals surface area contributed by atoms with Crippen molar-refractivity contribution in [2.75, 3.05) is 0 Å². The normalized spacial score (nSPS) is 20.5. The van der Waals surface area contributed by atoms with E-state index in [2.05, 4.69) is 65.0 Å². The molecule has 1 aliphatic rings. The summed E-state index contributed by atoms with van der Waals surface area (Å²) in [6.45, 7) is 3.18. The number of aromatic nitrogens is 4.